The maximum atomic E-state index is 13.0. The summed E-state index contributed by atoms with van der Waals surface area (Å²) in [6, 6.07) is 11.0. The van der Waals surface area contributed by atoms with Crippen LogP contribution >= 0.6 is 22.6 Å². The highest BCUT2D eigenvalue weighted by atomic mass is 127. The molecule has 0 aliphatic carbocycles. The first-order valence-corrected chi connectivity index (χ1v) is 9.48. The molecule has 3 rings (SSSR count). The summed E-state index contributed by atoms with van der Waals surface area (Å²) in [6.07, 6.45) is 1.49. The lowest BCUT2D eigenvalue weighted by atomic mass is 10.0. The third-order valence-electron chi connectivity index (χ3n) is 3.75. The van der Waals surface area contributed by atoms with Crippen molar-refractivity contribution < 1.29 is 13.3 Å². The number of nitro groups is 1. The van der Waals surface area contributed by atoms with E-state index in [0.717, 1.165) is 15.6 Å². The van der Waals surface area contributed by atoms with Crippen molar-refractivity contribution in [3.05, 3.63) is 61.7 Å². The maximum Gasteiger partial charge on any atom is 0.289 e. The molecule has 23 heavy (non-hydrogen) atoms. The fraction of sp³-hybridized carbons (Fsp3) is 0.200. The van der Waals surface area contributed by atoms with Gasteiger partial charge < -0.3 is 0 Å². The number of anilines is 1. The SMILES string of the molecule is O=[N+]([O-])c1ccccc1S(=O)(=O)N1CCCc2cc(I)ccc21. The van der Waals surface area contributed by atoms with Gasteiger partial charge in [-0.05, 0) is 65.3 Å². The predicted octanol–water partition coefficient (Wildman–Crippen LogP) is 3.34. The van der Waals surface area contributed by atoms with Gasteiger partial charge in [-0.15, -0.1) is 0 Å². The summed E-state index contributed by atoms with van der Waals surface area (Å²) in [7, 11) is -3.97. The number of sulfonamides is 1. The molecule has 8 heteroatoms. The first-order chi connectivity index (χ1) is 10.9. The molecule has 2 aromatic rings. The Morgan fingerprint density at radius 2 is 1.91 bits per heavy atom. The van der Waals surface area contributed by atoms with Crippen molar-refractivity contribution in [1.82, 2.24) is 0 Å². The Labute approximate surface area is 147 Å². The molecule has 0 unspecified atom stereocenters. The van der Waals surface area contributed by atoms with Gasteiger partial charge in [0.1, 0.15) is 0 Å². The van der Waals surface area contributed by atoms with Crippen LogP contribution in [0, 0.1) is 13.7 Å². The van der Waals surface area contributed by atoms with Crippen LogP contribution in [0.4, 0.5) is 11.4 Å². The molecule has 1 aliphatic rings. The molecule has 2 aromatic carbocycles. The van der Waals surface area contributed by atoms with E-state index in [9.17, 15) is 18.5 Å². The molecule has 6 nitrogen and oxygen atoms in total. The van der Waals surface area contributed by atoms with Gasteiger partial charge in [0.2, 0.25) is 0 Å². The van der Waals surface area contributed by atoms with Gasteiger partial charge in [-0.25, -0.2) is 8.42 Å². The number of hydrogen-bond donors (Lipinski definition) is 0. The lowest BCUT2D eigenvalue weighted by Crippen LogP contribution is -2.35. The van der Waals surface area contributed by atoms with Crippen LogP contribution in [0.25, 0.3) is 0 Å². The van der Waals surface area contributed by atoms with Crippen LogP contribution in [0.5, 0.6) is 0 Å². The van der Waals surface area contributed by atoms with E-state index in [1.807, 2.05) is 12.1 Å². The molecule has 1 heterocycles. The molecular weight excluding hydrogens is 431 g/mol. The van der Waals surface area contributed by atoms with Gasteiger partial charge in [0.15, 0.2) is 4.90 Å². The summed E-state index contributed by atoms with van der Waals surface area (Å²) in [5, 5.41) is 11.2. The smallest absolute Gasteiger partial charge is 0.266 e. The Morgan fingerprint density at radius 1 is 1.17 bits per heavy atom. The molecule has 0 spiro atoms. The van der Waals surface area contributed by atoms with Crippen LogP contribution in [0.15, 0.2) is 47.4 Å². The summed E-state index contributed by atoms with van der Waals surface area (Å²) in [6.45, 7) is 0.321. The number of benzene rings is 2. The number of halogens is 1. The molecule has 1 aliphatic heterocycles. The second-order valence-corrected chi connectivity index (χ2v) is 8.25. The molecule has 0 aromatic heterocycles. The van der Waals surface area contributed by atoms with Crippen LogP contribution in [0.3, 0.4) is 0 Å². The van der Waals surface area contributed by atoms with Crippen molar-refractivity contribution in [2.45, 2.75) is 17.7 Å². The van der Waals surface area contributed by atoms with Crippen molar-refractivity contribution in [3.8, 4) is 0 Å². The van der Waals surface area contributed by atoms with E-state index in [1.165, 1.54) is 28.6 Å². The van der Waals surface area contributed by atoms with Gasteiger partial charge in [0, 0.05) is 16.2 Å². The van der Waals surface area contributed by atoms with Crippen LogP contribution in [-0.2, 0) is 16.4 Å². The maximum absolute atomic E-state index is 13.0. The number of aryl methyl sites for hydroxylation is 1. The Balaban J connectivity index is 2.15. The largest absolute Gasteiger partial charge is 0.289 e. The average molecular weight is 444 g/mol. The highest BCUT2D eigenvalue weighted by Gasteiger charge is 2.33. The van der Waals surface area contributed by atoms with Gasteiger partial charge in [-0.2, -0.15) is 0 Å². The topological polar surface area (TPSA) is 80.5 Å². The number of hydrogen-bond acceptors (Lipinski definition) is 4. The molecule has 0 bridgehead atoms. The van der Waals surface area contributed by atoms with Crippen LogP contribution < -0.4 is 4.31 Å². The predicted molar refractivity (Wildman–Crippen MR) is 95.1 cm³/mol. The Morgan fingerprint density at radius 3 is 2.65 bits per heavy atom. The normalized spacial score (nSPS) is 14.4. The van der Waals surface area contributed by atoms with Gasteiger partial charge in [0.25, 0.3) is 15.7 Å². The Kier molecular flexibility index (Phi) is 4.28. The minimum absolute atomic E-state index is 0.267. The number of nitro benzene ring substituents is 1. The zero-order chi connectivity index (χ0) is 16.6. The number of fused-ring (bicyclic) bond motifs is 1. The lowest BCUT2D eigenvalue weighted by Gasteiger charge is -2.30. The second kappa shape index (κ2) is 6.08. The quantitative estimate of drug-likeness (QED) is 0.413. The fourth-order valence-electron chi connectivity index (χ4n) is 2.73. The zero-order valence-electron chi connectivity index (χ0n) is 12.0. The number of rotatable bonds is 3. The molecule has 0 fully saturated rings. The van der Waals surface area contributed by atoms with Crippen molar-refractivity contribution in [2.75, 3.05) is 10.8 Å². The van der Waals surface area contributed by atoms with Crippen molar-refractivity contribution in [2.24, 2.45) is 0 Å². The van der Waals surface area contributed by atoms with Crippen molar-refractivity contribution >= 4 is 44.0 Å². The van der Waals surface area contributed by atoms with E-state index in [0.29, 0.717) is 18.7 Å². The van der Waals surface area contributed by atoms with Crippen molar-refractivity contribution in [1.29, 1.82) is 0 Å². The van der Waals surface area contributed by atoms with Gasteiger partial charge in [-0.1, -0.05) is 12.1 Å². The summed E-state index contributed by atoms with van der Waals surface area (Å²) < 4.78 is 28.3. The van der Waals surface area contributed by atoms with Crippen LogP contribution in [-0.4, -0.2) is 19.9 Å². The molecule has 120 valence electrons. The minimum atomic E-state index is -3.97. The molecule has 0 atom stereocenters. The average Bonchev–Trinajstić information content (AvgIpc) is 2.53. The van der Waals surface area contributed by atoms with Gasteiger partial charge in [-0.3, -0.25) is 14.4 Å². The standard InChI is InChI=1S/C15H13IN2O4S/c16-12-7-8-13-11(10-12)4-3-9-17(13)23(21,22)15-6-2-1-5-14(15)18(19)20/h1-2,5-8,10H,3-4,9H2. The first-order valence-electron chi connectivity index (χ1n) is 6.96. The first kappa shape index (κ1) is 16.2. The Bertz CT molecular complexity index is 883. The lowest BCUT2D eigenvalue weighted by molar-refractivity contribution is -0.387. The van der Waals surface area contributed by atoms with Gasteiger partial charge in [0.05, 0.1) is 10.6 Å². The molecular formula is C15H13IN2O4S. The summed E-state index contributed by atoms with van der Waals surface area (Å²) in [5.74, 6) is 0. The van der Waals surface area contributed by atoms with E-state index in [1.54, 1.807) is 6.07 Å². The van der Waals surface area contributed by atoms with Gasteiger partial charge >= 0.3 is 0 Å². The molecule has 0 saturated carbocycles. The summed E-state index contributed by atoms with van der Waals surface area (Å²) in [5.41, 5.74) is 1.16. The second-order valence-electron chi connectivity index (χ2n) is 5.18. The number of nitrogens with zero attached hydrogens (tertiary/aromatic N) is 2. The third-order valence-corrected chi connectivity index (χ3v) is 6.28. The Hall–Kier alpha value is -1.68. The molecule has 0 radical (unpaired) electrons. The highest BCUT2D eigenvalue weighted by Crippen LogP contribution is 2.35. The summed E-state index contributed by atoms with van der Waals surface area (Å²) in [4.78, 5) is 10.2. The molecule has 0 saturated heterocycles. The molecule has 0 N–H and O–H groups in total. The van der Waals surface area contributed by atoms with Crippen molar-refractivity contribution in [3.63, 3.8) is 0 Å². The monoisotopic (exact) mass is 444 g/mol. The van der Waals surface area contributed by atoms with E-state index in [-0.39, 0.29) is 4.90 Å². The van der Waals surface area contributed by atoms with Crippen LogP contribution in [0.2, 0.25) is 0 Å². The zero-order valence-corrected chi connectivity index (χ0v) is 15.0. The molecule has 0 amide bonds. The van der Waals surface area contributed by atoms with E-state index in [2.05, 4.69) is 22.6 Å². The fourth-order valence-corrected chi connectivity index (χ4v) is 4.98. The summed E-state index contributed by atoms with van der Waals surface area (Å²) >= 11 is 2.18. The highest BCUT2D eigenvalue weighted by molar-refractivity contribution is 14.1. The van der Waals surface area contributed by atoms with E-state index in [4.69, 9.17) is 0 Å². The van der Waals surface area contributed by atoms with E-state index >= 15 is 0 Å². The number of para-hydroxylation sites is 1. The van der Waals surface area contributed by atoms with E-state index < -0.39 is 20.6 Å². The van der Waals surface area contributed by atoms with Crippen LogP contribution in [0.1, 0.15) is 12.0 Å². The third kappa shape index (κ3) is 2.92. The minimum Gasteiger partial charge on any atom is -0.266 e.